The van der Waals surface area contributed by atoms with E-state index in [1.54, 1.807) is 11.4 Å². The van der Waals surface area contributed by atoms with Gasteiger partial charge in [0.15, 0.2) is 0 Å². The van der Waals surface area contributed by atoms with E-state index >= 15 is 0 Å². The van der Waals surface area contributed by atoms with E-state index in [4.69, 9.17) is 5.73 Å². The fraction of sp³-hybridized carbons (Fsp3) is 0.318. The number of carbonyl (C=O) groups is 2. The maximum atomic E-state index is 14.9. The molecule has 1 fully saturated rings. The Morgan fingerprint density at radius 2 is 2.00 bits per heavy atom. The second-order valence-corrected chi connectivity index (χ2v) is 7.98. The number of nitrogens with one attached hydrogen (secondary N) is 2. The average Bonchev–Trinajstić information content (AvgIpc) is 3.25. The quantitative estimate of drug-likeness (QED) is 0.597. The van der Waals surface area contributed by atoms with Crippen molar-refractivity contribution in [3.63, 3.8) is 0 Å². The lowest BCUT2D eigenvalue weighted by Gasteiger charge is -2.26. The summed E-state index contributed by atoms with van der Waals surface area (Å²) in [4.78, 5) is 23.2. The third kappa shape index (κ3) is 3.72. The fourth-order valence-corrected chi connectivity index (χ4v) is 4.03. The molecule has 1 saturated carbocycles. The number of benzene rings is 1. The summed E-state index contributed by atoms with van der Waals surface area (Å²) in [5, 5.41) is 10.3. The molecule has 2 heterocycles. The number of anilines is 2. The van der Waals surface area contributed by atoms with Crippen LogP contribution in [0.25, 0.3) is 16.6 Å². The summed E-state index contributed by atoms with van der Waals surface area (Å²) < 4.78 is 16.5. The van der Waals surface area contributed by atoms with Gasteiger partial charge >= 0.3 is 0 Å². The molecule has 4 rings (SSSR count). The minimum absolute atomic E-state index is 0.136. The summed E-state index contributed by atoms with van der Waals surface area (Å²) in [6.45, 7) is 3.04. The Labute approximate surface area is 173 Å². The number of carbonyl (C=O) groups excluding carboxylic acids is 2. The molecule has 2 atom stereocenters. The summed E-state index contributed by atoms with van der Waals surface area (Å²) in [7, 11) is 0. The van der Waals surface area contributed by atoms with Crippen LogP contribution in [0.3, 0.4) is 0 Å². The molecule has 30 heavy (non-hydrogen) atoms. The highest BCUT2D eigenvalue weighted by atomic mass is 19.1. The van der Waals surface area contributed by atoms with Crippen LogP contribution in [0.15, 0.2) is 42.7 Å². The highest BCUT2D eigenvalue weighted by molar-refractivity contribution is 6.02. The minimum Gasteiger partial charge on any atom is -0.377 e. The molecular weight excluding hydrogens is 385 g/mol. The predicted octanol–water partition coefficient (Wildman–Crippen LogP) is 3.75. The number of hydrogen-bond acceptors (Lipinski definition) is 4. The normalized spacial score (nSPS) is 21.0. The molecule has 1 aromatic carbocycles. The van der Waals surface area contributed by atoms with Gasteiger partial charge in [0.2, 0.25) is 5.91 Å². The number of amides is 2. The second-order valence-electron chi connectivity index (χ2n) is 7.98. The number of rotatable bonds is 5. The van der Waals surface area contributed by atoms with E-state index in [1.165, 1.54) is 13.1 Å². The second kappa shape index (κ2) is 7.44. The summed E-state index contributed by atoms with van der Waals surface area (Å²) in [5.41, 5.74) is 8.07. The largest absolute Gasteiger partial charge is 0.377 e. The molecule has 0 saturated heterocycles. The van der Waals surface area contributed by atoms with E-state index in [0.717, 1.165) is 17.5 Å². The molecule has 4 N–H and O–H groups in total. The van der Waals surface area contributed by atoms with Gasteiger partial charge in [-0.05, 0) is 49.9 Å². The van der Waals surface area contributed by atoms with Crippen molar-refractivity contribution < 1.29 is 14.0 Å². The smallest absolute Gasteiger partial charge is 0.252 e. The number of hydrogen-bond donors (Lipinski definition) is 3. The molecule has 0 unspecified atom stereocenters. The number of aromatic nitrogens is 2. The predicted molar refractivity (Wildman–Crippen MR) is 114 cm³/mol. The van der Waals surface area contributed by atoms with E-state index in [0.29, 0.717) is 29.7 Å². The molecular formula is C22H24FN5O2. The van der Waals surface area contributed by atoms with Gasteiger partial charge in [-0.15, -0.1) is 0 Å². The average molecular weight is 409 g/mol. The molecule has 1 aliphatic carbocycles. The molecule has 0 spiro atoms. The van der Waals surface area contributed by atoms with Gasteiger partial charge in [0, 0.05) is 24.4 Å². The molecule has 0 aliphatic heterocycles. The maximum Gasteiger partial charge on any atom is 0.252 e. The van der Waals surface area contributed by atoms with Gasteiger partial charge < -0.3 is 16.4 Å². The Balaban J connectivity index is 1.75. The topological polar surface area (TPSA) is 102 Å². The van der Waals surface area contributed by atoms with Crippen molar-refractivity contribution in [1.29, 1.82) is 0 Å². The van der Waals surface area contributed by atoms with E-state index in [9.17, 15) is 14.0 Å². The molecule has 156 valence electrons. The van der Waals surface area contributed by atoms with Crippen molar-refractivity contribution in [2.45, 2.75) is 44.8 Å². The van der Waals surface area contributed by atoms with E-state index in [2.05, 4.69) is 15.7 Å². The first kappa shape index (κ1) is 19.9. The third-order valence-electron chi connectivity index (χ3n) is 5.64. The highest BCUT2D eigenvalue weighted by Gasteiger charge is 2.39. The Kier molecular flexibility index (Phi) is 4.93. The Bertz CT molecular complexity index is 1120. The minimum atomic E-state index is -1.36. The number of alkyl halides is 1. The van der Waals surface area contributed by atoms with Gasteiger partial charge in [-0.2, -0.15) is 5.10 Å². The number of nitrogens with zero attached hydrogens (tertiary/aromatic N) is 2. The molecule has 3 aromatic rings. The van der Waals surface area contributed by atoms with Crippen LogP contribution in [0.5, 0.6) is 0 Å². The number of halogens is 1. The SMILES string of the molecule is CC(=O)Nc1ccc(-c2cc3c(N[C@@H]4CCC[C@]4(C)F)c(C(N)=O)cnn3c2)cc1. The van der Waals surface area contributed by atoms with Crippen molar-refractivity contribution in [1.82, 2.24) is 9.61 Å². The van der Waals surface area contributed by atoms with Crippen LogP contribution in [0.1, 0.15) is 43.5 Å². The zero-order chi connectivity index (χ0) is 21.5. The van der Waals surface area contributed by atoms with Crippen LogP contribution in [0, 0.1) is 0 Å². The lowest BCUT2D eigenvalue weighted by atomic mass is 10.0. The van der Waals surface area contributed by atoms with Crippen LogP contribution in [0.2, 0.25) is 0 Å². The third-order valence-corrected chi connectivity index (χ3v) is 5.64. The van der Waals surface area contributed by atoms with Crippen molar-refractivity contribution in [2.75, 3.05) is 10.6 Å². The molecule has 0 radical (unpaired) electrons. The van der Waals surface area contributed by atoms with Crippen molar-refractivity contribution in [3.05, 3.63) is 48.3 Å². The molecule has 2 amide bonds. The number of fused-ring (bicyclic) bond motifs is 1. The molecule has 7 nitrogen and oxygen atoms in total. The van der Waals surface area contributed by atoms with Gasteiger partial charge in [0.05, 0.1) is 29.0 Å². The van der Waals surface area contributed by atoms with Crippen molar-refractivity contribution in [3.8, 4) is 11.1 Å². The van der Waals surface area contributed by atoms with Crippen LogP contribution >= 0.6 is 0 Å². The van der Waals surface area contributed by atoms with Crippen LogP contribution in [0.4, 0.5) is 15.8 Å². The lowest BCUT2D eigenvalue weighted by Crippen LogP contribution is -2.36. The summed E-state index contributed by atoms with van der Waals surface area (Å²) >= 11 is 0. The fourth-order valence-electron chi connectivity index (χ4n) is 4.03. The Morgan fingerprint density at radius 3 is 2.60 bits per heavy atom. The first-order valence-corrected chi connectivity index (χ1v) is 9.89. The summed E-state index contributed by atoms with van der Waals surface area (Å²) in [6.07, 6.45) is 5.18. The van der Waals surface area contributed by atoms with Gasteiger partial charge in [-0.1, -0.05) is 12.1 Å². The van der Waals surface area contributed by atoms with E-state index < -0.39 is 17.6 Å². The Hall–Kier alpha value is -3.42. The molecule has 8 heteroatoms. The highest BCUT2D eigenvalue weighted by Crippen LogP contribution is 2.37. The van der Waals surface area contributed by atoms with E-state index in [-0.39, 0.29) is 11.5 Å². The molecule has 1 aliphatic rings. The van der Waals surface area contributed by atoms with Gasteiger partial charge in [0.25, 0.3) is 5.91 Å². The molecule has 2 aromatic heterocycles. The zero-order valence-corrected chi connectivity index (χ0v) is 16.9. The standard InChI is InChI=1S/C22H24FN5O2/c1-13(29)26-16-7-5-14(6-8-16)15-10-18-20(27-19-4-3-9-22(19,2)23)17(21(24)30)11-25-28(18)12-15/h5-8,10-12,19,27H,3-4,9H2,1-2H3,(H2,24,30)(H,26,29)/t19-,22+/m1/s1. The van der Waals surface area contributed by atoms with Crippen LogP contribution in [-0.4, -0.2) is 33.1 Å². The maximum absolute atomic E-state index is 14.9. The first-order chi connectivity index (χ1) is 14.2. The summed E-state index contributed by atoms with van der Waals surface area (Å²) in [5.74, 6) is -0.753. The van der Waals surface area contributed by atoms with Gasteiger partial charge in [0.1, 0.15) is 5.67 Å². The number of nitrogens with two attached hydrogens (primary N) is 1. The van der Waals surface area contributed by atoms with E-state index in [1.807, 2.05) is 36.5 Å². The van der Waals surface area contributed by atoms with Gasteiger partial charge in [-0.3, -0.25) is 9.59 Å². The van der Waals surface area contributed by atoms with Crippen LogP contribution < -0.4 is 16.4 Å². The van der Waals surface area contributed by atoms with Crippen LogP contribution in [-0.2, 0) is 4.79 Å². The first-order valence-electron chi connectivity index (χ1n) is 9.89. The summed E-state index contributed by atoms with van der Waals surface area (Å²) in [6, 6.07) is 8.88. The zero-order valence-electron chi connectivity index (χ0n) is 16.9. The number of primary amides is 1. The van der Waals surface area contributed by atoms with Crippen molar-refractivity contribution in [2.24, 2.45) is 5.73 Å². The van der Waals surface area contributed by atoms with Crippen molar-refractivity contribution >= 4 is 28.7 Å². The van der Waals surface area contributed by atoms with Gasteiger partial charge in [-0.25, -0.2) is 8.91 Å². The monoisotopic (exact) mass is 409 g/mol. The lowest BCUT2D eigenvalue weighted by molar-refractivity contribution is -0.114. The Morgan fingerprint density at radius 1 is 1.27 bits per heavy atom. The molecule has 0 bridgehead atoms.